The van der Waals surface area contributed by atoms with Crippen molar-refractivity contribution in [2.45, 2.75) is 29.3 Å². The maximum atomic E-state index is 12.3. The Morgan fingerprint density at radius 3 is 2.71 bits per heavy atom. The highest BCUT2D eigenvalue weighted by atomic mass is 32.2. The molecule has 1 saturated heterocycles. The lowest BCUT2D eigenvalue weighted by molar-refractivity contribution is -0.137. The molecule has 17 heavy (non-hydrogen) atoms. The molecule has 0 aromatic carbocycles. The summed E-state index contributed by atoms with van der Waals surface area (Å²) in [5.41, 5.74) is -0.691. The third-order valence-corrected chi connectivity index (χ3v) is 3.82. The maximum Gasteiger partial charge on any atom is 0.417 e. The van der Waals surface area contributed by atoms with Gasteiger partial charge in [-0.1, -0.05) is 0 Å². The summed E-state index contributed by atoms with van der Waals surface area (Å²) in [6.45, 7) is 1.92. The monoisotopic (exact) mass is 262 g/mol. The molecule has 1 aliphatic rings. The Kier molecular flexibility index (Phi) is 3.93. The van der Waals surface area contributed by atoms with Crippen LogP contribution in [0, 0.1) is 0 Å². The van der Waals surface area contributed by atoms with Crippen molar-refractivity contribution >= 4 is 11.8 Å². The van der Waals surface area contributed by atoms with Crippen molar-refractivity contribution < 1.29 is 13.2 Å². The summed E-state index contributed by atoms with van der Waals surface area (Å²) in [7, 11) is 0. The Morgan fingerprint density at radius 1 is 1.35 bits per heavy atom. The molecule has 1 aromatic heterocycles. The average Bonchev–Trinajstić information content (AvgIpc) is 2.30. The first-order valence-corrected chi connectivity index (χ1v) is 6.34. The summed E-state index contributed by atoms with van der Waals surface area (Å²) in [6.07, 6.45) is -1.21. The molecule has 1 aromatic rings. The van der Waals surface area contributed by atoms with Crippen LogP contribution in [0.4, 0.5) is 13.2 Å². The molecule has 1 fully saturated rings. The van der Waals surface area contributed by atoms with Gasteiger partial charge < -0.3 is 5.32 Å². The predicted molar refractivity (Wildman–Crippen MR) is 61.0 cm³/mol. The van der Waals surface area contributed by atoms with Crippen LogP contribution in [0.3, 0.4) is 0 Å². The van der Waals surface area contributed by atoms with Crippen LogP contribution in [0.1, 0.15) is 18.4 Å². The lowest BCUT2D eigenvalue weighted by Crippen LogP contribution is -2.31. The van der Waals surface area contributed by atoms with Gasteiger partial charge in [0.1, 0.15) is 0 Å². The molecule has 1 N–H and O–H groups in total. The van der Waals surface area contributed by atoms with Crippen LogP contribution in [-0.2, 0) is 6.18 Å². The summed E-state index contributed by atoms with van der Waals surface area (Å²) in [4.78, 5) is 3.85. The van der Waals surface area contributed by atoms with E-state index in [1.807, 2.05) is 0 Å². The minimum Gasteiger partial charge on any atom is -0.316 e. The van der Waals surface area contributed by atoms with E-state index in [9.17, 15) is 13.2 Å². The third-order valence-electron chi connectivity index (χ3n) is 2.60. The van der Waals surface area contributed by atoms with E-state index in [0.29, 0.717) is 10.3 Å². The first-order valence-electron chi connectivity index (χ1n) is 5.46. The lowest BCUT2D eigenvalue weighted by atomic mass is 10.2. The average molecular weight is 262 g/mol. The Balaban J connectivity index is 1.98. The van der Waals surface area contributed by atoms with Gasteiger partial charge in [0.25, 0.3) is 0 Å². The largest absolute Gasteiger partial charge is 0.417 e. The lowest BCUT2D eigenvalue weighted by Gasteiger charge is -2.21. The summed E-state index contributed by atoms with van der Waals surface area (Å²) in [5.74, 6) is 0. The fourth-order valence-electron chi connectivity index (χ4n) is 1.71. The number of piperidine rings is 1. The zero-order chi connectivity index (χ0) is 12.3. The maximum absolute atomic E-state index is 12.3. The van der Waals surface area contributed by atoms with E-state index in [1.165, 1.54) is 6.07 Å². The number of rotatable bonds is 2. The van der Waals surface area contributed by atoms with Gasteiger partial charge in [-0.25, -0.2) is 4.98 Å². The minimum absolute atomic E-state index is 0.410. The SMILES string of the molecule is FC(F)(F)c1ccc(SC2CCCNC2)nc1. The number of alkyl halides is 3. The van der Waals surface area contributed by atoms with E-state index in [4.69, 9.17) is 0 Å². The van der Waals surface area contributed by atoms with Crippen molar-refractivity contribution in [2.75, 3.05) is 13.1 Å². The molecular weight excluding hydrogens is 249 g/mol. The predicted octanol–water partition coefficient (Wildman–Crippen LogP) is 2.94. The van der Waals surface area contributed by atoms with E-state index in [-0.39, 0.29) is 0 Å². The highest BCUT2D eigenvalue weighted by Crippen LogP contribution is 2.31. The number of nitrogens with one attached hydrogen (secondary N) is 1. The second-order valence-electron chi connectivity index (χ2n) is 3.97. The fraction of sp³-hybridized carbons (Fsp3) is 0.545. The summed E-state index contributed by atoms with van der Waals surface area (Å²) < 4.78 is 37.0. The van der Waals surface area contributed by atoms with Gasteiger partial charge in [0, 0.05) is 18.0 Å². The number of halogens is 3. The number of pyridine rings is 1. The highest BCUT2D eigenvalue weighted by Gasteiger charge is 2.30. The second-order valence-corrected chi connectivity index (χ2v) is 5.29. The zero-order valence-electron chi connectivity index (χ0n) is 9.13. The van der Waals surface area contributed by atoms with Crippen molar-refractivity contribution in [1.82, 2.24) is 10.3 Å². The molecule has 0 spiro atoms. The van der Waals surface area contributed by atoms with Gasteiger partial charge in [-0.05, 0) is 31.5 Å². The minimum atomic E-state index is -4.30. The molecule has 0 radical (unpaired) electrons. The van der Waals surface area contributed by atoms with Gasteiger partial charge in [-0.15, -0.1) is 11.8 Å². The number of thioether (sulfide) groups is 1. The summed E-state index contributed by atoms with van der Waals surface area (Å²) >= 11 is 1.54. The first kappa shape index (κ1) is 12.7. The zero-order valence-corrected chi connectivity index (χ0v) is 9.94. The fourth-order valence-corrected chi connectivity index (χ4v) is 2.80. The van der Waals surface area contributed by atoms with E-state index in [2.05, 4.69) is 10.3 Å². The van der Waals surface area contributed by atoms with Crippen LogP contribution in [0.2, 0.25) is 0 Å². The molecule has 1 aliphatic heterocycles. The van der Waals surface area contributed by atoms with Crippen molar-refractivity contribution in [3.63, 3.8) is 0 Å². The number of aromatic nitrogens is 1. The molecule has 0 aliphatic carbocycles. The molecule has 2 rings (SSSR count). The molecule has 1 atom stereocenters. The van der Waals surface area contributed by atoms with E-state index in [0.717, 1.165) is 38.2 Å². The van der Waals surface area contributed by atoms with E-state index < -0.39 is 11.7 Å². The second kappa shape index (κ2) is 5.27. The standard InChI is InChI=1S/C11H13F3N2S/c12-11(13,14)8-3-4-10(16-6-8)17-9-2-1-5-15-7-9/h3-4,6,9,15H,1-2,5,7H2. The molecule has 1 unspecified atom stereocenters. The van der Waals surface area contributed by atoms with Crippen molar-refractivity contribution in [3.8, 4) is 0 Å². The third kappa shape index (κ3) is 3.61. The van der Waals surface area contributed by atoms with Gasteiger partial charge in [0.05, 0.1) is 10.6 Å². The van der Waals surface area contributed by atoms with Gasteiger partial charge in [0.2, 0.25) is 0 Å². The van der Waals surface area contributed by atoms with Crippen LogP contribution < -0.4 is 5.32 Å². The van der Waals surface area contributed by atoms with Crippen LogP contribution >= 0.6 is 11.8 Å². The van der Waals surface area contributed by atoms with Crippen LogP contribution in [0.25, 0.3) is 0 Å². The molecule has 2 heterocycles. The number of hydrogen-bond donors (Lipinski definition) is 1. The van der Waals surface area contributed by atoms with Gasteiger partial charge >= 0.3 is 6.18 Å². The normalized spacial score (nSPS) is 21.5. The number of hydrogen-bond acceptors (Lipinski definition) is 3. The summed E-state index contributed by atoms with van der Waals surface area (Å²) in [6, 6.07) is 2.54. The number of nitrogens with zero attached hydrogens (tertiary/aromatic N) is 1. The molecule has 6 heteroatoms. The van der Waals surface area contributed by atoms with Gasteiger partial charge in [0.15, 0.2) is 0 Å². The van der Waals surface area contributed by atoms with E-state index in [1.54, 1.807) is 11.8 Å². The molecule has 0 saturated carbocycles. The first-order chi connectivity index (χ1) is 8.05. The van der Waals surface area contributed by atoms with Gasteiger partial charge in [-0.2, -0.15) is 13.2 Å². The van der Waals surface area contributed by atoms with Crippen molar-refractivity contribution in [2.24, 2.45) is 0 Å². The summed E-state index contributed by atoms with van der Waals surface area (Å²) in [5, 5.41) is 4.33. The van der Waals surface area contributed by atoms with Crippen LogP contribution in [0.15, 0.2) is 23.4 Å². The Bertz CT molecular complexity index is 358. The Labute approximate surface area is 102 Å². The smallest absolute Gasteiger partial charge is 0.316 e. The Morgan fingerprint density at radius 2 is 2.18 bits per heavy atom. The van der Waals surface area contributed by atoms with Gasteiger partial charge in [-0.3, -0.25) is 0 Å². The molecule has 94 valence electrons. The van der Waals surface area contributed by atoms with E-state index >= 15 is 0 Å². The molecule has 0 bridgehead atoms. The van der Waals surface area contributed by atoms with Crippen molar-refractivity contribution in [1.29, 1.82) is 0 Å². The molecular formula is C11H13F3N2S. The van der Waals surface area contributed by atoms with Crippen molar-refractivity contribution in [3.05, 3.63) is 23.9 Å². The quantitative estimate of drug-likeness (QED) is 0.887. The molecule has 2 nitrogen and oxygen atoms in total. The molecule has 0 amide bonds. The highest BCUT2D eigenvalue weighted by molar-refractivity contribution is 7.99. The topological polar surface area (TPSA) is 24.9 Å². The van der Waals surface area contributed by atoms with Crippen LogP contribution in [0.5, 0.6) is 0 Å². The van der Waals surface area contributed by atoms with Crippen LogP contribution in [-0.4, -0.2) is 23.3 Å². The Hall–Kier alpha value is -0.750.